The number of nitrogens with one attached hydrogen (secondary N) is 1. The molecule has 1 amide bonds. The van der Waals surface area contributed by atoms with Crippen molar-refractivity contribution in [1.82, 2.24) is 5.32 Å². The van der Waals surface area contributed by atoms with Gasteiger partial charge in [0.1, 0.15) is 11.3 Å². The van der Waals surface area contributed by atoms with Gasteiger partial charge < -0.3 is 11.1 Å². The summed E-state index contributed by atoms with van der Waals surface area (Å²) in [5, 5.41) is 1.66. The van der Waals surface area contributed by atoms with Gasteiger partial charge in [-0.05, 0) is 11.1 Å². The number of hydrogen-bond acceptors (Lipinski definition) is 4. The van der Waals surface area contributed by atoms with Crippen molar-refractivity contribution >= 4 is 16.0 Å². The fraction of sp³-hybridized carbons (Fsp3) is 0.300. The highest BCUT2D eigenvalue weighted by Gasteiger charge is 2.35. The van der Waals surface area contributed by atoms with Gasteiger partial charge in [-0.1, -0.05) is 24.3 Å². The molecule has 0 fully saturated rings. The Morgan fingerprint density at radius 2 is 1.94 bits per heavy atom. The van der Waals surface area contributed by atoms with Gasteiger partial charge in [-0.2, -0.15) is 8.42 Å². The molecular weight excluding hydrogens is 244 g/mol. The number of amides is 1. The van der Waals surface area contributed by atoms with E-state index in [0.717, 1.165) is 0 Å². The van der Waals surface area contributed by atoms with Gasteiger partial charge in [0.2, 0.25) is 5.91 Å². The van der Waals surface area contributed by atoms with Gasteiger partial charge >= 0.3 is 0 Å². The highest BCUT2D eigenvalue weighted by Crippen LogP contribution is 2.32. The van der Waals surface area contributed by atoms with Gasteiger partial charge in [-0.25, -0.2) is 0 Å². The van der Waals surface area contributed by atoms with E-state index in [1.165, 1.54) is 0 Å². The molecule has 2 atom stereocenters. The molecule has 92 valence electrons. The molecule has 0 radical (unpaired) electrons. The lowest BCUT2D eigenvalue weighted by atomic mass is 9.94. The van der Waals surface area contributed by atoms with E-state index < -0.39 is 27.3 Å². The Balaban J connectivity index is 2.55. The van der Waals surface area contributed by atoms with E-state index in [4.69, 9.17) is 10.3 Å². The molecule has 1 aromatic carbocycles. The van der Waals surface area contributed by atoms with Crippen LogP contribution in [0.1, 0.15) is 22.4 Å². The van der Waals surface area contributed by atoms with Gasteiger partial charge in [0.25, 0.3) is 10.1 Å². The first kappa shape index (κ1) is 12.0. The predicted molar refractivity (Wildman–Crippen MR) is 60.7 cm³/mol. The molecule has 2 rings (SSSR count). The van der Waals surface area contributed by atoms with Gasteiger partial charge in [-0.3, -0.25) is 9.35 Å². The Morgan fingerprint density at radius 3 is 2.47 bits per heavy atom. The molecule has 4 N–H and O–H groups in total. The summed E-state index contributed by atoms with van der Waals surface area (Å²) in [6, 6.07) is 5.81. The molecule has 1 heterocycles. The number of carbonyl (C=O) groups is 1. The third kappa shape index (κ3) is 2.17. The number of fused-ring (bicyclic) bond motifs is 1. The maximum Gasteiger partial charge on any atom is 0.273 e. The number of rotatable bonds is 2. The lowest BCUT2D eigenvalue weighted by Crippen LogP contribution is -2.42. The molecule has 0 saturated heterocycles. The predicted octanol–water partition coefficient (Wildman–Crippen LogP) is -0.255. The lowest BCUT2D eigenvalue weighted by molar-refractivity contribution is -0.120. The van der Waals surface area contributed by atoms with Crippen molar-refractivity contribution in [1.29, 1.82) is 0 Å². The summed E-state index contributed by atoms with van der Waals surface area (Å²) in [6.45, 7) is -0.0382. The molecule has 0 saturated carbocycles. The molecule has 0 spiro atoms. The molecule has 1 aliphatic heterocycles. The number of hydrogen-bond donors (Lipinski definition) is 3. The monoisotopic (exact) mass is 256 g/mol. The minimum absolute atomic E-state index is 0.0382. The summed E-state index contributed by atoms with van der Waals surface area (Å²) in [4.78, 5) is 11.2. The van der Waals surface area contributed by atoms with Crippen molar-refractivity contribution in [2.24, 2.45) is 5.73 Å². The standard InChI is InChI=1S/C10H12N2O4S/c11-10(13)9-7-4-2-1-3-6(7)8(5-12-9)17(14,15)16/h1-4,8-9,12H,5H2,(H2,11,13)(H,14,15,16). The number of nitrogens with two attached hydrogens (primary N) is 1. The van der Waals surface area contributed by atoms with Crippen LogP contribution in [-0.2, 0) is 14.9 Å². The summed E-state index contributed by atoms with van der Waals surface area (Å²) >= 11 is 0. The van der Waals surface area contributed by atoms with Gasteiger partial charge in [0.05, 0.1) is 0 Å². The topological polar surface area (TPSA) is 109 Å². The maximum absolute atomic E-state index is 11.2. The minimum atomic E-state index is -4.20. The van der Waals surface area contributed by atoms with Crippen molar-refractivity contribution in [2.75, 3.05) is 6.54 Å². The van der Waals surface area contributed by atoms with Crippen LogP contribution in [0, 0.1) is 0 Å². The van der Waals surface area contributed by atoms with Crippen LogP contribution >= 0.6 is 0 Å². The van der Waals surface area contributed by atoms with Crippen molar-refractivity contribution < 1.29 is 17.8 Å². The normalized spacial score (nSPS) is 24.1. The van der Waals surface area contributed by atoms with Crippen molar-refractivity contribution in [3.05, 3.63) is 35.4 Å². The maximum atomic E-state index is 11.2. The highest BCUT2D eigenvalue weighted by molar-refractivity contribution is 7.86. The summed E-state index contributed by atoms with van der Waals surface area (Å²) < 4.78 is 31.6. The molecule has 1 aliphatic rings. The van der Waals surface area contributed by atoms with Gasteiger partial charge in [0, 0.05) is 6.54 Å². The summed E-state index contributed by atoms with van der Waals surface area (Å²) in [7, 11) is -4.20. The molecule has 0 aliphatic carbocycles. The third-order valence-corrected chi connectivity index (χ3v) is 3.95. The molecule has 7 heteroatoms. The Kier molecular flexibility index (Phi) is 2.90. The van der Waals surface area contributed by atoms with E-state index in [-0.39, 0.29) is 6.54 Å². The summed E-state index contributed by atoms with van der Waals surface area (Å²) in [6.07, 6.45) is 0. The smallest absolute Gasteiger partial charge is 0.273 e. The first-order valence-corrected chi connectivity index (χ1v) is 6.49. The van der Waals surface area contributed by atoms with Crippen LogP contribution in [0.5, 0.6) is 0 Å². The van der Waals surface area contributed by atoms with Crippen molar-refractivity contribution in [3.8, 4) is 0 Å². The quantitative estimate of drug-likeness (QED) is 0.632. The van der Waals surface area contributed by atoms with E-state index >= 15 is 0 Å². The van der Waals surface area contributed by atoms with E-state index in [1.54, 1.807) is 24.3 Å². The Hall–Kier alpha value is -1.44. The molecule has 0 bridgehead atoms. The van der Waals surface area contributed by atoms with E-state index in [2.05, 4.69) is 5.32 Å². The fourth-order valence-corrected chi connectivity index (χ4v) is 2.87. The molecule has 6 nitrogen and oxygen atoms in total. The molecule has 0 aromatic heterocycles. The van der Waals surface area contributed by atoms with Crippen LogP contribution in [0.15, 0.2) is 24.3 Å². The summed E-state index contributed by atoms with van der Waals surface area (Å²) in [5.74, 6) is -0.578. The van der Waals surface area contributed by atoms with Crippen molar-refractivity contribution in [3.63, 3.8) is 0 Å². The zero-order chi connectivity index (χ0) is 12.6. The fourth-order valence-electron chi connectivity index (χ4n) is 2.03. The van der Waals surface area contributed by atoms with Crippen LogP contribution in [-0.4, -0.2) is 25.4 Å². The molecular formula is C10H12N2O4S. The first-order chi connectivity index (χ1) is 7.91. The highest BCUT2D eigenvalue weighted by atomic mass is 32.2. The number of carbonyl (C=O) groups excluding carboxylic acids is 1. The average Bonchev–Trinajstić information content (AvgIpc) is 2.26. The number of benzene rings is 1. The van der Waals surface area contributed by atoms with E-state index in [9.17, 15) is 13.2 Å². The van der Waals surface area contributed by atoms with Gasteiger partial charge in [0.15, 0.2) is 0 Å². The third-order valence-electron chi connectivity index (χ3n) is 2.81. The molecule has 1 aromatic rings. The largest absolute Gasteiger partial charge is 0.368 e. The second-order valence-electron chi connectivity index (χ2n) is 3.88. The van der Waals surface area contributed by atoms with Crippen LogP contribution in [0.2, 0.25) is 0 Å². The second-order valence-corrected chi connectivity index (χ2v) is 5.48. The SMILES string of the molecule is NC(=O)C1NCC(S(=O)(=O)O)c2ccccc21. The second kappa shape index (κ2) is 4.10. The summed E-state index contributed by atoms with van der Waals surface area (Å²) in [5.41, 5.74) is 6.13. The molecule has 17 heavy (non-hydrogen) atoms. The first-order valence-electron chi connectivity index (χ1n) is 4.99. The van der Waals surface area contributed by atoms with E-state index in [1.807, 2.05) is 0 Å². The average molecular weight is 256 g/mol. The van der Waals surface area contributed by atoms with Crippen molar-refractivity contribution in [2.45, 2.75) is 11.3 Å². The lowest BCUT2D eigenvalue weighted by Gasteiger charge is -2.29. The van der Waals surface area contributed by atoms with Gasteiger partial charge in [-0.15, -0.1) is 0 Å². The zero-order valence-electron chi connectivity index (χ0n) is 8.83. The minimum Gasteiger partial charge on any atom is -0.368 e. The van der Waals surface area contributed by atoms with Crippen LogP contribution in [0.25, 0.3) is 0 Å². The van der Waals surface area contributed by atoms with E-state index in [0.29, 0.717) is 11.1 Å². The Bertz CT molecular complexity index is 555. The van der Waals surface area contributed by atoms with Crippen LogP contribution in [0.3, 0.4) is 0 Å². The Labute approximate surface area is 98.6 Å². The molecule has 2 unspecified atom stereocenters. The number of primary amides is 1. The zero-order valence-corrected chi connectivity index (χ0v) is 9.65. The van der Waals surface area contributed by atoms with Crippen LogP contribution in [0.4, 0.5) is 0 Å². The van der Waals surface area contributed by atoms with Crippen LogP contribution < -0.4 is 11.1 Å². The Morgan fingerprint density at radius 1 is 1.35 bits per heavy atom.